The molecule has 3 rings (SSSR count). The van der Waals surface area contributed by atoms with Crippen molar-refractivity contribution in [2.45, 2.75) is 25.2 Å². The molecule has 7 heteroatoms. The van der Waals surface area contributed by atoms with Crippen molar-refractivity contribution < 1.29 is 23.9 Å². The quantitative estimate of drug-likeness (QED) is 0.702. The highest BCUT2D eigenvalue weighted by Crippen LogP contribution is 2.29. The van der Waals surface area contributed by atoms with Gasteiger partial charge in [0.2, 0.25) is 11.8 Å². The first kappa shape index (κ1) is 20.5. The van der Waals surface area contributed by atoms with Gasteiger partial charge >= 0.3 is 5.97 Å². The molecule has 29 heavy (non-hydrogen) atoms. The molecule has 1 heterocycles. The molecule has 152 valence electrons. The Morgan fingerprint density at radius 2 is 1.83 bits per heavy atom. The number of anilines is 1. The number of amides is 2. The van der Waals surface area contributed by atoms with Gasteiger partial charge in [0.15, 0.2) is 0 Å². The van der Waals surface area contributed by atoms with Crippen LogP contribution in [0.2, 0.25) is 0 Å². The van der Waals surface area contributed by atoms with Crippen LogP contribution in [0.4, 0.5) is 10.1 Å². The zero-order valence-electron chi connectivity index (χ0n) is 16.1. The number of benzene rings is 2. The molecule has 2 atom stereocenters. The molecule has 1 saturated heterocycles. The van der Waals surface area contributed by atoms with Crippen molar-refractivity contribution in [1.82, 2.24) is 5.32 Å². The molecule has 1 fully saturated rings. The molecule has 2 N–H and O–H groups in total. The van der Waals surface area contributed by atoms with Gasteiger partial charge in [-0.05, 0) is 42.7 Å². The van der Waals surface area contributed by atoms with Crippen molar-refractivity contribution in [2.24, 2.45) is 5.92 Å². The smallest absolute Gasteiger partial charge is 0.315 e. The molecule has 0 aromatic heterocycles. The average Bonchev–Trinajstić information content (AvgIpc) is 3.11. The average molecular weight is 398 g/mol. The van der Waals surface area contributed by atoms with Crippen LogP contribution in [0.5, 0.6) is 0 Å². The molecule has 2 amide bonds. The fraction of sp³-hybridized carbons (Fsp3) is 0.318. The van der Waals surface area contributed by atoms with Crippen molar-refractivity contribution in [1.29, 1.82) is 0 Å². The van der Waals surface area contributed by atoms with Crippen molar-refractivity contribution in [3.05, 3.63) is 66.0 Å². The summed E-state index contributed by atoms with van der Waals surface area (Å²) in [7, 11) is 0. The van der Waals surface area contributed by atoms with Crippen LogP contribution in [0.15, 0.2) is 54.6 Å². The highest BCUT2D eigenvalue weighted by molar-refractivity contribution is 6.09. The van der Waals surface area contributed by atoms with E-state index >= 15 is 0 Å². The van der Waals surface area contributed by atoms with Gasteiger partial charge in [-0.25, -0.2) is 4.39 Å². The summed E-state index contributed by atoms with van der Waals surface area (Å²) >= 11 is 0. The van der Waals surface area contributed by atoms with E-state index in [0.29, 0.717) is 24.2 Å². The number of hydrogen-bond acceptors (Lipinski definition) is 3. The third-order valence-corrected chi connectivity index (χ3v) is 5.56. The lowest BCUT2D eigenvalue weighted by Gasteiger charge is -2.29. The standard InChI is InChI=1S/C22H23FN2O4/c1-2-22(21(28)29,15-6-4-3-5-7-15)14-24-19(26)18-12-13-25(20(18)27)17-10-8-16(23)9-11-17/h3-11,18H,2,12-14H2,1H3,(H,24,26)(H,28,29). The van der Waals surface area contributed by atoms with Gasteiger partial charge in [-0.15, -0.1) is 0 Å². The van der Waals surface area contributed by atoms with Crippen LogP contribution < -0.4 is 10.2 Å². The van der Waals surface area contributed by atoms with E-state index in [1.54, 1.807) is 37.3 Å². The summed E-state index contributed by atoms with van der Waals surface area (Å²) in [5.41, 5.74) is -0.139. The minimum absolute atomic E-state index is 0.109. The van der Waals surface area contributed by atoms with Crippen molar-refractivity contribution in [2.75, 3.05) is 18.0 Å². The molecule has 2 aromatic carbocycles. The lowest BCUT2D eigenvalue weighted by molar-refractivity contribution is -0.144. The number of aliphatic carboxylic acids is 1. The summed E-state index contributed by atoms with van der Waals surface area (Å²) in [5, 5.41) is 12.5. The van der Waals surface area contributed by atoms with E-state index in [1.807, 2.05) is 0 Å². The second-order valence-electron chi connectivity index (χ2n) is 7.13. The van der Waals surface area contributed by atoms with E-state index in [4.69, 9.17) is 0 Å². The predicted molar refractivity (Wildman–Crippen MR) is 106 cm³/mol. The summed E-state index contributed by atoms with van der Waals surface area (Å²) < 4.78 is 13.1. The number of nitrogens with one attached hydrogen (secondary N) is 1. The highest BCUT2D eigenvalue weighted by atomic mass is 19.1. The lowest BCUT2D eigenvalue weighted by Crippen LogP contribution is -2.48. The molecule has 0 bridgehead atoms. The summed E-state index contributed by atoms with van der Waals surface area (Å²) in [6, 6.07) is 14.3. The monoisotopic (exact) mass is 398 g/mol. The van der Waals surface area contributed by atoms with Crippen molar-refractivity contribution in [3.63, 3.8) is 0 Å². The fourth-order valence-corrected chi connectivity index (χ4v) is 3.70. The first-order chi connectivity index (χ1) is 13.9. The Hall–Kier alpha value is -3.22. The van der Waals surface area contributed by atoms with E-state index in [9.17, 15) is 23.9 Å². The summed E-state index contributed by atoms with van der Waals surface area (Å²) in [6.07, 6.45) is 0.604. The minimum atomic E-state index is -1.27. The normalized spacial score (nSPS) is 18.3. The maximum atomic E-state index is 13.1. The number of rotatable bonds is 7. The molecule has 0 radical (unpaired) electrons. The van der Waals surface area contributed by atoms with Crippen LogP contribution in [0, 0.1) is 11.7 Å². The van der Waals surface area contributed by atoms with Crippen molar-refractivity contribution >= 4 is 23.5 Å². The molecular formula is C22H23FN2O4. The molecule has 0 aliphatic carbocycles. The van der Waals surface area contributed by atoms with Crippen LogP contribution >= 0.6 is 0 Å². The summed E-state index contributed by atoms with van der Waals surface area (Å²) in [4.78, 5) is 38.9. The zero-order chi connectivity index (χ0) is 21.0. The van der Waals surface area contributed by atoms with Gasteiger partial charge in [0.05, 0.1) is 0 Å². The molecule has 2 aromatic rings. The first-order valence-corrected chi connectivity index (χ1v) is 9.52. The zero-order valence-corrected chi connectivity index (χ0v) is 16.1. The van der Waals surface area contributed by atoms with Gasteiger partial charge in [0.25, 0.3) is 0 Å². The largest absolute Gasteiger partial charge is 0.481 e. The number of nitrogens with zero attached hydrogens (tertiary/aromatic N) is 1. The summed E-state index contributed by atoms with van der Waals surface area (Å²) in [6.45, 7) is 1.99. The fourth-order valence-electron chi connectivity index (χ4n) is 3.70. The number of carbonyl (C=O) groups is 3. The Labute approximate surface area is 168 Å². The Bertz CT molecular complexity index is 901. The van der Waals surface area contributed by atoms with Crippen molar-refractivity contribution in [3.8, 4) is 0 Å². The van der Waals surface area contributed by atoms with Gasteiger partial charge in [-0.1, -0.05) is 37.3 Å². The van der Waals surface area contributed by atoms with E-state index in [2.05, 4.69) is 5.32 Å². The molecule has 2 unspecified atom stereocenters. The Morgan fingerprint density at radius 1 is 1.17 bits per heavy atom. The minimum Gasteiger partial charge on any atom is -0.481 e. The van der Waals surface area contributed by atoms with Crippen LogP contribution in [-0.2, 0) is 19.8 Å². The number of halogens is 1. The second kappa shape index (κ2) is 8.43. The first-order valence-electron chi connectivity index (χ1n) is 9.52. The van der Waals surface area contributed by atoms with Crippen LogP contribution in [0.1, 0.15) is 25.3 Å². The Morgan fingerprint density at radius 3 is 2.41 bits per heavy atom. The maximum absolute atomic E-state index is 13.1. The van der Waals surface area contributed by atoms with Gasteiger partial charge in [0, 0.05) is 18.8 Å². The van der Waals surface area contributed by atoms with Crippen LogP contribution in [-0.4, -0.2) is 36.0 Å². The molecular weight excluding hydrogens is 375 g/mol. The number of hydrogen-bond donors (Lipinski definition) is 2. The molecule has 1 aliphatic heterocycles. The second-order valence-corrected chi connectivity index (χ2v) is 7.13. The van der Waals surface area contributed by atoms with E-state index in [-0.39, 0.29) is 18.9 Å². The molecule has 1 aliphatic rings. The number of carboxylic acids is 1. The van der Waals surface area contributed by atoms with E-state index in [0.717, 1.165) is 0 Å². The molecule has 6 nitrogen and oxygen atoms in total. The van der Waals surface area contributed by atoms with Gasteiger partial charge in [0.1, 0.15) is 17.2 Å². The topological polar surface area (TPSA) is 86.7 Å². The third kappa shape index (κ3) is 3.99. The third-order valence-electron chi connectivity index (χ3n) is 5.56. The van der Waals surface area contributed by atoms with Gasteiger partial charge in [-0.3, -0.25) is 14.4 Å². The highest BCUT2D eigenvalue weighted by Gasteiger charge is 2.42. The Balaban J connectivity index is 1.72. The number of carbonyl (C=O) groups excluding carboxylic acids is 2. The lowest BCUT2D eigenvalue weighted by atomic mass is 9.78. The SMILES string of the molecule is CCC(CNC(=O)C1CCN(c2ccc(F)cc2)C1=O)(C(=O)O)c1ccccc1. The molecule has 0 spiro atoms. The van der Waals surface area contributed by atoms with E-state index in [1.165, 1.54) is 29.2 Å². The predicted octanol–water partition coefficient (Wildman–Crippen LogP) is 2.73. The summed E-state index contributed by atoms with van der Waals surface area (Å²) in [5.74, 6) is -3.18. The van der Waals surface area contributed by atoms with E-state index < -0.39 is 29.0 Å². The van der Waals surface area contributed by atoms with Gasteiger partial charge in [-0.2, -0.15) is 0 Å². The van der Waals surface area contributed by atoms with Crippen LogP contribution in [0.3, 0.4) is 0 Å². The number of carboxylic acid groups (broad SMARTS) is 1. The molecule has 0 saturated carbocycles. The van der Waals surface area contributed by atoms with Gasteiger partial charge < -0.3 is 15.3 Å². The van der Waals surface area contributed by atoms with Crippen LogP contribution in [0.25, 0.3) is 0 Å². The maximum Gasteiger partial charge on any atom is 0.315 e. The Kier molecular flexibility index (Phi) is 5.96.